The highest BCUT2D eigenvalue weighted by Gasteiger charge is 2.12. The molecule has 0 radical (unpaired) electrons. The Labute approximate surface area is 136 Å². The van der Waals surface area contributed by atoms with Gasteiger partial charge in [0, 0.05) is 6.54 Å². The molecule has 4 heteroatoms. The quantitative estimate of drug-likeness (QED) is 0.659. The maximum Gasteiger partial charge on any atom is 0.175 e. The summed E-state index contributed by atoms with van der Waals surface area (Å²) in [6.07, 6.45) is 0. The minimum atomic E-state index is 0.490. The first-order valence-corrected chi connectivity index (χ1v) is 8.16. The first-order chi connectivity index (χ1) is 9.93. The molecule has 1 N–H and O–H groups in total. The van der Waals surface area contributed by atoms with Crippen LogP contribution in [0, 0.1) is 5.92 Å². The van der Waals surface area contributed by atoms with Gasteiger partial charge in [-0.15, -0.1) is 0 Å². The second-order valence-corrected chi connectivity index (χ2v) is 6.46. The predicted octanol–water partition coefficient (Wildman–Crippen LogP) is 4.55. The summed E-state index contributed by atoms with van der Waals surface area (Å²) in [6, 6.07) is 4.11. The number of hydrogen-bond donors (Lipinski definition) is 1. The third-order valence-corrected chi connectivity index (χ3v) is 3.30. The van der Waals surface area contributed by atoms with Crippen LogP contribution in [0.5, 0.6) is 11.5 Å². The molecule has 0 spiro atoms. The second-order valence-electron chi connectivity index (χ2n) is 5.61. The molecular formula is C17H26BrNO2. The fraction of sp³-hybridized carbons (Fsp3) is 0.529. The van der Waals surface area contributed by atoms with Crippen LogP contribution in [-0.2, 0) is 6.54 Å². The average Bonchev–Trinajstić information content (AvgIpc) is 2.37. The van der Waals surface area contributed by atoms with Crippen LogP contribution in [0.4, 0.5) is 0 Å². The van der Waals surface area contributed by atoms with Crippen LogP contribution in [0.2, 0.25) is 0 Å². The lowest BCUT2D eigenvalue weighted by molar-refractivity contribution is 0.291. The minimum Gasteiger partial charge on any atom is -0.490 e. The molecule has 0 aliphatic heterocycles. The van der Waals surface area contributed by atoms with Crippen LogP contribution >= 0.6 is 15.9 Å². The number of benzene rings is 1. The summed E-state index contributed by atoms with van der Waals surface area (Å²) < 4.78 is 12.4. The maximum absolute atomic E-state index is 5.79. The summed E-state index contributed by atoms with van der Waals surface area (Å²) in [4.78, 5) is 0. The maximum atomic E-state index is 5.79. The van der Waals surface area contributed by atoms with E-state index in [0.717, 1.165) is 34.6 Å². The molecule has 1 aromatic rings. The van der Waals surface area contributed by atoms with Gasteiger partial charge in [0.2, 0.25) is 0 Å². The van der Waals surface area contributed by atoms with E-state index in [1.165, 1.54) is 5.56 Å². The molecule has 118 valence electrons. The van der Waals surface area contributed by atoms with Crippen molar-refractivity contribution in [2.45, 2.75) is 34.2 Å². The fourth-order valence-corrected chi connectivity index (χ4v) is 2.43. The van der Waals surface area contributed by atoms with Gasteiger partial charge in [0.05, 0.1) is 11.1 Å². The molecule has 0 aromatic heterocycles. The van der Waals surface area contributed by atoms with E-state index in [0.29, 0.717) is 19.1 Å². The number of nitrogens with one attached hydrogen (secondary N) is 1. The molecule has 0 unspecified atom stereocenters. The predicted molar refractivity (Wildman–Crippen MR) is 92.2 cm³/mol. The lowest BCUT2D eigenvalue weighted by atomic mass is 10.1. The standard InChI is InChI=1S/C17H26BrNO2/c1-6-20-16-8-14(10-19-9-12(2)3)7-15(18)17(16)21-11-13(4)5/h7-8,12,19H,4,6,9-11H2,1-3,5H3. The van der Waals surface area contributed by atoms with Gasteiger partial charge in [0.15, 0.2) is 11.5 Å². The molecule has 0 atom stereocenters. The van der Waals surface area contributed by atoms with Crippen molar-refractivity contribution in [2.24, 2.45) is 5.92 Å². The van der Waals surface area contributed by atoms with Gasteiger partial charge in [-0.2, -0.15) is 0 Å². The van der Waals surface area contributed by atoms with Crippen molar-refractivity contribution in [2.75, 3.05) is 19.8 Å². The molecule has 0 heterocycles. The number of halogens is 1. The Morgan fingerprint density at radius 2 is 2.05 bits per heavy atom. The summed E-state index contributed by atoms with van der Waals surface area (Å²) in [7, 11) is 0. The molecule has 0 fully saturated rings. The Morgan fingerprint density at radius 3 is 2.62 bits per heavy atom. The number of rotatable bonds is 9. The van der Waals surface area contributed by atoms with Gasteiger partial charge >= 0.3 is 0 Å². The van der Waals surface area contributed by atoms with Gasteiger partial charge < -0.3 is 14.8 Å². The van der Waals surface area contributed by atoms with Gasteiger partial charge in [-0.3, -0.25) is 0 Å². The lowest BCUT2D eigenvalue weighted by Gasteiger charge is -2.16. The Morgan fingerprint density at radius 1 is 1.33 bits per heavy atom. The largest absolute Gasteiger partial charge is 0.490 e. The number of hydrogen-bond acceptors (Lipinski definition) is 3. The van der Waals surface area contributed by atoms with E-state index in [1.807, 2.05) is 19.9 Å². The van der Waals surface area contributed by atoms with E-state index in [1.54, 1.807) is 0 Å². The van der Waals surface area contributed by atoms with Crippen LogP contribution in [-0.4, -0.2) is 19.8 Å². The van der Waals surface area contributed by atoms with Gasteiger partial charge in [-0.25, -0.2) is 0 Å². The average molecular weight is 356 g/mol. The molecule has 0 saturated heterocycles. The van der Waals surface area contributed by atoms with E-state index < -0.39 is 0 Å². The van der Waals surface area contributed by atoms with E-state index in [9.17, 15) is 0 Å². The molecule has 1 aromatic carbocycles. The molecule has 0 bridgehead atoms. The van der Waals surface area contributed by atoms with E-state index in [4.69, 9.17) is 9.47 Å². The van der Waals surface area contributed by atoms with Crippen molar-refractivity contribution in [3.05, 3.63) is 34.3 Å². The molecular weight excluding hydrogens is 330 g/mol. The third-order valence-electron chi connectivity index (χ3n) is 2.71. The minimum absolute atomic E-state index is 0.490. The first-order valence-electron chi connectivity index (χ1n) is 7.37. The van der Waals surface area contributed by atoms with Gasteiger partial charge in [-0.1, -0.05) is 20.4 Å². The van der Waals surface area contributed by atoms with Crippen molar-refractivity contribution in [1.29, 1.82) is 0 Å². The topological polar surface area (TPSA) is 30.5 Å². The number of ether oxygens (including phenoxy) is 2. The lowest BCUT2D eigenvalue weighted by Crippen LogP contribution is -2.19. The molecule has 0 aliphatic carbocycles. The van der Waals surface area contributed by atoms with Crippen molar-refractivity contribution >= 4 is 15.9 Å². The molecule has 0 saturated carbocycles. The molecule has 3 nitrogen and oxygen atoms in total. The molecule has 1 rings (SSSR count). The van der Waals surface area contributed by atoms with Crippen molar-refractivity contribution < 1.29 is 9.47 Å². The van der Waals surface area contributed by atoms with Crippen molar-refractivity contribution in [3.63, 3.8) is 0 Å². The summed E-state index contributed by atoms with van der Waals surface area (Å²) in [5.74, 6) is 2.15. The SMILES string of the molecule is C=C(C)COc1c(Br)cc(CNCC(C)C)cc1OCC. The van der Waals surface area contributed by atoms with Crippen LogP contribution in [0.15, 0.2) is 28.8 Å². The van der Waals surface area contributed by atoms with Gasteiger partial charge in [-0.05, 0) is 65.5 Å². The van der Waals surface area contributed by atoms with Crippen LogP contribution in [0.1, 0.15) is 33.3 Å². The van der Waals surface area contributed by atoms with Gasteiger partial charge in [0.25, 0.3) is 0 Å². The highest BCUT2D eigenvalue weighted by atomic mass is 79.9. The van der Waals surface area contributed by atoms with E-state index in [-0.39, 0.29) is 0 Å². The normalized spacial score (nSPS) is 10.8. The third kappa shape index (κ3) is 6.53. The highest BCUT2D eigenvalue weighted by molar-refractivity contribution is 9.10. The summed E-state index contributed by atoms with van der Waals surface area (Å²) >= 11 is 3.58. The summed E-state index contributed by atoms with van der Waals surface area (Å²) in [5, 5.41) is 3.44. The Bertz CT molecular complexity index is 472. The summed E-state index contributed by atoms with van der Waals surface area (Å²) in [6.45, 7) is 15.1. The van der Waals surface area contributed by atoms with Crippen LogP contribution < -0.4 is 14.8 Å². The van der Waals surface area contributed by atoms with Crippen molar-refractivity contribution in [1.82, 2.24) is 5.32 Å². The van der Waals surface area contributed by atoms with Gasteiger partial charge in [0.1, 0.15) is 6.61 Å². The monoisotopic (exact) mass is 355 g/mol. The molecule has 21 heavy (non-hydrogen) atoms. The van der Waals surface area contributed by atoms with Crippen molar-refractivity contribution in [3.8, 4) is 11.5 Å². The Kier molecular flexibility index (Phi) is 7.83. The molecule has 0 amide bonds. The summed E-state index contributed by atoms with van der Waals surface area (Å²) in [5.41, 5.74) is 2.15. The van der Waals surface area contributed by atoms with E-state index in [2.05, 4.69) is 47.7 Å². The Balaban J connectivity index is 2.86. The highest BCUT2D eigenvalue weighted by Crippen LogP contribution is 2.37. The first kappa shape index (κ1) is 18.1. The smallest absolute Gasteiger partial charge is 0.175 e. The van der Waals surface area contributed by atoms with Crippen LogP contribution in [0.3, 0.4) is 0 Å². The zero-order chi connectivity index (χ0) is 15.8. The Hall–Kier alpha value is -1.00. The zero-order valence-corrected chi connectivity index (χ0v) is 15.0. The second kappa shape index (κ2) is 9.11. The van der Waals surface area contributed by atoms with Crippen LogP contribution in [0.25, 0.3) is 0 Å². The van der Waals surface area contributed by atoms with E-state index >= 15 is 0 Å². The molecule has 0 aliphatic rings. The fourth-order valence-electron chi connectivity index (χ4n) is 1.83. The zero-order valence-electron chi connectivity index (χ0n) is 13.5.